The van der Waals surface area contributed by atoms with E-state index < -0.39 is 11.8 Å². The van der Waals surface area contributed by atoms with Gasteiger partial charge in [-0.05, 0) is 32.7 Å². The molecule has 2 rings (SSSR count). The first-order valence-corrected chi connectivity index (χ1v) is 6.36. The molecule has 0 radical (unpaired) electrons. The molecule has 0 bridgehead atoms. The average Bonchev–Trinajstić information content (AvgIpc) is 2.80. The molecule has 0 saturated carbocycles. The molecule has 98 valence electrons. The molecule has 2 fully saturated rings. The molecule has 2 heterocycles. The lowest BCUT2D eigenvalue weighted by molar-refractivity contribution is -0.139. The van der Waals surface area contributed by atoms with Crippen LogP contribution in [0.5, 0.6) is 0 Å². The summed E-state index contributed by atoms with van der Waals surface area (Å²) >= 11 is 0. The lowest BCUT2D eigenvalue weighted by Gasteiger charge is -2.35. The van der Waals surface area contributed by atoms with Crippen molar-refractivity contribution in [3.8, 4) is 0 Å². The Balaban J connectivity index is 1.84. The van der Waals surface area contributed by atoms with E-state index >= 15 is 0 Å². The van der Waals surface area contributed by atoms with E-state index in [0.717, 1.165) is 26.4 Å². The molecule has 17 heavy (non-hydrogen) atoms. The van der Waals surface area contributed by atoms with Crippen LogP contribution in [0.2, 0.25) is 0 Å². The summed E-state index contributed by atoms with van der Waals surface area (Å²) in [6.07, 6.45) is 1.73. The fraction of sp³-hybridized carbons (Fsp3) is 0.917. The number of amides is 1. The number of halogens is 2. The molecule has 0 aromatic rings. The van der Waals surface area contributed by atoms with Gasteiger partial charge in [-0.3, -0.25) is 4.79 Å². The van der Waals surface area contributed by atoms with Gasteiger partial charge in [0.2, 0.25) is 11.8 Å². The van der Waals surface area contributed by atoms with Crippen LogP contribution in [0.1, 0.15) is 26.2 Å². The Morgan fingerprint density at radius 1 is 1.29 bits per heavy atom. The van der Waals surface area contributed by atoms with Gasteiger partial charge in [-0.2, -0.15) is 0 Å². The Morgan fingerprint density at radius 3 is 2.41 bits per heavy atom. The monoisotopic (exact) mass is 246 g/mol. The fourth-order valence-electron chi connectivity index (χ4n) is 2.73. The number of hydrogen-bond acceptors (Lipinski definition) is 2. The molecule has 0 aliphatic carbocycles. The van der Waals surface area contributed by atoms with E-state index in [1.807, 2.05) is 0 Å². The zero-order valence-corrected chi connectivity index (χ0v) is 10.2. The Labute approximate surface area is 101 Å². The third kappa shape index (κ3) is 2.94. The van der Waals surface area contributed by atoms with Crippen LogP contribution in [0, 0.1) is 11.8 Å². The number of hydrogen-bond donors (Lipinski definition) is 1. The standard InChI is InChI=1S/C12H20F2N2O/c1-12(13,14)10-3-6-16(7-4-10)11(17)9-2-5-15-8-9/h9-10,15H,2-8H2,1H3. The molecule has 1 amide bonds. The summed E-state index contributed by atoms with van der Waals surface area (Å²) in [5.74, 6) is -2.96. The maximum Gasteiger partial charge on any atom is 0.248 e. The number of nitrogens with zero attached hydrogens (tertiary/aromatic N) is 1. The van der Waals surface area contributed by atoms with Crippen LogP contribution in [0.3, 0.4) is 0 Å². The van der Waals surface area contributed by atoms with Crippen molar-refractivity contribution >= 4 is 5.91 Å². The van der Waals surface area contributed by atoms with Crippen molar-refractivity contribution < 1.29 is 13.6 Å². The highest BCUT2D eigenvalue weighted by atomic mass is 19.3. The number of piperidine rings is 1. The maximum absolute atomic E-state index is 13.1. The van der Waals surface area contributed by atoms with Crippen LogP contribution in [0.25, 0.3) is 0 Å². The summed E-state index contributed by atoms with van der Waals surface area (Å²) in [5.41, 5.74) is 0. The minimum absolute atomic E-state index is 0.0636. The second-order valence-corrected chi connectivity index (χ2v) is 5.25. The van der Waals surface area contributed by atoms with Crippen LogP contribution >= 0.6 is 0 Å². The molecular weight excluding hydrogens is 226 g/mol. The van der Waals surface area contributed by atoms with E-state index in [0.29, 0.717) is 25.9 Å². The average molecular weight is 246 g/mol. The van der Waals surface area contributed by atoms with Crippen LogP contribution in [0.15, 0.2) is 0 Å². The van der Waals surface area contributed by atoms with Crippen LogP contribution in [0.4, 0.5) is 8.78 Å². The number of alkyl halides is 2. The van der Waals surface area contributed by atoms with Crippen LogP contribution in [-0.2, 0) is 4.79 Å². The summed E-state index contributed by atoms with van der Waals surface area (Å²) in [6.45, 7) is 3.59. The number of carbonyl (C=O) groups is 1. The highest BCUT2D eigenvalue weighted by Crippen LogP contribution is 2.33. The molecule has 0 aromatic heterocycles. The van der Waals surface area contributed by atoms with Crippen molar-refractivity contribution in [3.05, 3.63) is 0 Å². The molecule has 2 saturated heterocycles. The van der Waals surface area contributed by atoms with Crippen molar-refractivity contribution in [2.24, 2.45) is 11.8 Å². The first-order chi connectivity index (χ1) is 7.98. The van der Waals surface area contributed by atoms with Gasteiger partial charge in [0.05, 0.1) is 5.92 Å². The first-order valence-electron chi connectivity index (χ1n) is 6.36. The predicted octanol–water partition coefficient (Wildman–Crippen LogP) is 1.49. The van der Waals surface area contributed by atoms with E-state index in [-0.39, 0.29) is 11.8 Å². The van der Waals surface area contributed by atoms with Crippen molar-refractivity contribution in [2.45, 2.75) is 32.1 Å². The third-order valence-electron chi connectivity index (χ3n) is 3.93. The minimum Gasteiger partial charge on any atom is -0.342 e. The van der Waals surface area contributed by atoms with Gasteiger partial charge in [-0.25, -0.2) is 8.78 Å². The first kappa shape index (κ1) is 12.7. The molecule has 2 aliphatic heterocycles. The van der Waals surface area contributed by atoms with Crippen molar-refractivity contribution in [1.82, 2.24) is 10.2 Å². The summed E-state index contributed by atoms with van der Waals surface area (Å²) in [4.78, 5) is 13.8. The molecule has 5 heteroatoms. The third-order valence-corrected chi connectivity index (χ3v) is 3.93. The zero-order chi connectivity index (χ0) is 12.5. The quantitative estimate of drug-likeness (QED) is 0.800. The Hall–Kier alpha value is -0.710. The van der Waals surface area contributed by atoms with Crippen LogP contribution < -0.4 is 5.32 Å². The van der Waals surface area contributed by atoms with Crippen molar-refractivity contribution in [3.63, 3.8) is 0 Å². The number of nitrogens with one attached hydrogen (secondary N) is 1. The highest BCUT2D eigenvalue weighted by molar-refractivity contribution is 5.79. The van der Waals surface area contributed by atoms with Gasteiger partial charge in [0.15, 0.2) is 0 Å². The Morgan fingerprint density at radius 2 is 1.94 bits per heavy atom. The van der Waals surface area contributed by atoms with E-state index in [2.05, 4.69) is 5.32 Å². The van der Waals surface area contributed by atoms with Crippen LogP contribution in [-0.4, -0.2) is 42.9 Å². The lowest BCUT2D eigenvalue weighted by Crippen LogP contribution is -2.45. The van der Waals surface area contributed by atoms with Gasteiger partial charge in [0, 0.05) is 25.6 Å². The fourth-order valence-corrected chi connectivity index (χ4v) is 2.73. The Kier molecular flexibility index (Phi) is 3.66. The van der Waals surface area contributed by atoms with E-state index in [4.69, 9.17) is 0 Å². The molecule has 1 N–H and O–H groups in total. The topological polar surface area (TPSA) is 32.3 Å². The molecule has 0 aromatic carbocycles. The number of rotatable bonds is 2. The molecule has 0 spiro atoms. The zero-order valence-electron chi connectivity index (χ0n) is 10.2. The summed E-state index contributed by atoms with van der Waals surface area (Å²) in [6, 6.07) is 0. The normalized spacial score (nSPS) is 27.5. The molecule has 2 aliphatic rings. The van der Waals surface area contributed by atoms with Crippen molar-refractivity contribution in [1.29, 1.82) is 0 Å². The maximum atomic E-state index is 13.1. The molecule has 1 atom stereocenters. The van der Waals surface area contributed by atoms with Crippen molar-refractivity contribution in [2.75, 3.05) is 26.2 Å². The van der Waals surface area contributed by atoms with E-state index in [1.165, 1.54) is 0 Å². The predicted molar refractivity (Wildman–Crippen MR) is 60.9 cm³/mol. The molecule has 3 nitrogen and oxygen atoms in total. The van der Waals surface area contributed by atoms with Gasteiger partial charge in [0.1, 0.15) is 0 Å². The van der Waals surface area contributed by atoms with Gasteiger partial charge < -0.3 is 10.2 Å². The number of likely N-dealkylation sites (tertiary alicyclic amines) is 1. The van der Waals surface area contributed by atoms with E-state index in [9.17, 15) is 13.6 Å². The SMILES string of the molecule is CC(F)(F)C1CCN(C(=O)C2CCNC2)CC1. The second kappa shape index (κ2) is 4.88. The van der Waals surface area contributed by atoms with Gasteiger partial charge in [0.25, 0.3) is 0 Å². The van der Waals surface area contributed by atoms with Gasteiger partial charge in [-0.1, -0.05) is 0 Å². The summed E-state index contributed by atoms with van der Waals surface area (Å²) < 4.78 is 26.2. The second-order valence-electron chi connectivity index (χ2n) is 5.25. The van der Waals surface area contributed by atoms with Gasteiger partial charge >= 0.3 is 0 Å². The molecular formula is C12H20F2N2O. The Bertz CT molecular complexity index is 277. The highest BCUT2D eigenvalue weighted by Gasteiger charge is 2.38. The lowest BCUT2D eigenvalue weighted by atomic mass is 9.90. The minimum atomic E-state index is -2.61. The molecule has 1 unspecified atom stereocenters. The van der Waals surface area contributed by atoms with E-state index in [1.54, 1.807) is 4.90 Å². The van der Waals surface area contributed by atoms with Gasteiger partial charge in [-0.15, -0.1) is 0 Å². The largest absolute Gasteiger partial charge is 0.342 e. The smallest absolute Gasteiger partial charge is 0.248 e. The summed E-state index contributed by atoms with van der Waals surface area (Å²) in [5, 5.41) is 3.16. The number of carbonyl (C=O) groups excluding carboxylic acids is 1. The summed E-state index contributed by atoms with van der Waals surface area (Å²) in [7, 11) is 0.